The first-order valence-electron chi connectivity index (χ1n) is 5.10. The van der Waals surface area contributed by atoms with Crippen LogP contribution in [0.2, 0.25) is 0 Å². The van der Waals surface area contributed by atoms with Crippen molar-refractivity contribution in [2.75, 3.05) is 18.9 Å². The summed E-state index contributed by atoms with van der Waals surface area (Å²) in [7, 11) is 1.89. The van der Waals surface area contributed by atoms with Crippen LogP contribution >= 0.6 is 0 Å². The Hall–Kier alpha value is -1.97. The predicted molar refractivity (Wildman–Crippen MR) is 61.8 cm³/mol. The Balaban J connectivity index is 2.10. The van der Waals surface area contributed by atoms with Gasteiger partial charge in [-0.2, -0.15) is 0 Å². The van der Waals surface area contributed by atoms with Gasteiger partial charge in [-0.3, -0.25) is 10.1 Å². The number of nitrogens with one attached hydrogen (secondary N) is 1. The number of allylic oxidation sites excluding steroid dienone is 2. The molecule has 84 valence electrons. The molecule has 4 nitrogen and oxygen atoms in total. The fourth-order valence-corrected chi connectivity index (χ4v) is 1.64. The molecule has 1 aliphatic heterocycles. The number of carbonyl (C=O) groups is 1. The minimum Gasteiger partial charge on any atom is -0.449 e. The van der Waals surface area contributed by atoms with Gasteiger partial charge in [-0.1, -0.05) is 11.6 Å². The van der Waals surface area contributed by atoms with Crippen LogP contribution in [-0.4, -0.2) is 24.4 Å². The van der Waals surface area contributed by atoms with Gasteiger partial charge < -0.3 is 9.32 Å². The van der Waals surface area contributed by atoms with Crippen LogP contribution in [-0.2, 0) is 4.79 Å². The lowest BCUT2D eigenvalue weighted by Crippen LogP contribution is -2.30. The summed E-state index contributed by atoms with van der Waals surface area (Å²) in [4.78, 5) is 13.8. The van der Waals surface area contributed by atoms with Gasteiger partial charge in [-0.25, -0.2) is 0 Å². The van der Waals surface area contributed by atoms with Crippen molar-refractivity contribution in [1.82, 2.24) is 4.90 Å². The van der Waals surface area contributed by atoms with Gasteiger partial charge in [0.15, 0.2) is 5.88 Å². The molecule has 0 unspecified atom stereocenters. The third-order valence-electron chi connectivity index (χ3n) is 2.41. The quantitative estimate of drug-likeness (QED) is 0.825. The lowest BCUT2D eigenvalue weighted by atomic mass is 10.1. The van der Waals surface area contributed by atoms with Crippen molar-refractivity contribution >= 4 is 11.8 Å². The van der Waals surface area contributed by atoms with Crippen molar-refractivity contribution in [2.45, 2.75) is 6.92 Å². The Morgan fingerprint density at radius 1 is 1.50 bits per heavy atom. The van der Waals surface area contributed by atoms with Crippen LogP contribution in [0.4, 0.5) is 5.88 Å². The van der Waals surface area contributed by atoms with Gasteiger partial charge in [-0.05, 0) is 19.1 Å². The van der Waals surface area contributed by atoms with Crippen molar-refractivity contribution in [1.29, 1.82) is 0 Å². The minimum absolute atomic E-state index is 0.152. The number of nitrogens with zero attached hydrogens (tertiary/aromatic N) is 1. The fourth-order valence-electron chi connectivity index (χ4n) is 1.64. The molecule has 0 aromatic carbocycles. The zero-order chi connectivity index (χ0) is 11.5. The zero-order valence-electron chi connectivity index (χ0n) is 9.36. The van der Waals surface area contributed by atoms with Gasteiger partial charge in [0.25, 0.3) is 5.91 Å². The largest absolute Gasteiger partial charge is 0.449 e. The van der Waals surface area contributed by atoms with Crippen molar-refractivity contribution in [3.05, 3.63) is 41.8 Å². The molecule has 1 aromatic heterocycles. The van der Waals surface area contributed by atoms with E-state index in [9.17, 15) is 4.79 Å². The molecule has 0 fully saturated rings. The zero-order valence-corrected chi connectivity index (χ0v) is 9.36. The number of carbonyl (C=O) groups excluding carboxylic acids is 1. The monoisotopic (exact) mass is 218 g/mol. The second kappa shape index (κ2) is 4.26. The molecule has 1 aromatic rings. The molecular formula is C12H14N2O2. The number of rotatable bonds is 2. The summed E-state index contributed by atoms with van der Waals surface area (Å²) >= 11 is 0. The molecule has 0 radical (unpaired) electrons. The second-order valence-corrected chi connectivity index (χ2v) is 3.85. The predicted octanol–water partition coefficient (Wildman–Crippen LogP) is 1.99. The van der Waals surface area contributed by atoms with E-state index in [-0.39, 0.29) is 5.91 Å². The molecule has 1 amide bonds. The second-order valence-electron chi connectivity index (χ2n) is 3.85. The third kappa shape index (κ3) is 2.16. The number of furan rings is 1. The van der Waals surface area contributed by atoms with Crippen LogP contribution in [0.5, 0.6) is 0 Å². The summed E-state index contributed by atoms with van der Waals surface area (Å²) in [5.74, 6) is 0.312. The molecule has 0 bridgehead atoms. The smallest absolute Gasteiger partial charge is 0.274 e. The summed E-state index contributed by atoms with van der Waals surface area (Å²) in [6, 6.07) is 3.45. The Morgan fingerprint density at radius 2 is 2.31 bits per heavy atom. The van der Waals surface area contributed by atoms with Crippen molar-refractivity contribution < 1.29 is 9.21 Å². The fraction of sp³-hybridized carbons (Fsp3) is 0.250. The number of likely N-dealkylation sites (N-methyl/N-ethyl adjacent to an activating group) is 1. The summed E-state index contributed by atoms with van der Waals surface area (Å²) in [5, 5.41) is 2.69. The average Bonchev–Trinajstić information content (AvgIpc) is 2.70. The number of anilines is 1. The number of amides is 1. The van der Waals surface area contributed by atoms with E-state index in [0.29, 0.717) is 11.6 Å². The molecule has 4 heteroatoms. The van der Waals surface area contributed by atoms with Crippen molar-refractivity contribution in [3.8, 4) is 0 Å². The van der Waals surface area contributed by atoms with Crippen LogP contribution in [0.1, 0.15) is 6.92 Å². The maximum Gasteiger partial charge on any atom is 0.274 e. The summed E-state index contributed by atoms with van der Waals surface area (Å²) < 4.78 is 5.06. The minimum atomic E-state index is -0.152. The molecule has 2 rings (SSSR count). The third-order valence-corrected chi connectivity index (χ3v) is 2.41. The highest BCUT2D eigenvalue weighted by atomic mass is 16.3. The molecule has 16 heavy (non-hydrogen) atoms. The Bertz CT molecular complexity index is 444. The Labute approximate surface area is 94.2 Å². The van der Waals surface area contributed by atoms with E-state index >= 15 is 0 Å². The van der Waals surface area contributed by atoms with Crippen LogP contribution in [0, 0.1) is 0 Å². The first kappa shape index (κ1) is 10.5. The van der Waals surface area contributed by atoms with E-state index in [1.807, 2.05) is 31.0 Å². The summed E-state index contributed by atoms with van der Waals surface area (Å²) in [6.07, 6.45) is 5.30. The van der Waals surface area contributed by atoms with E-state index < -0.39 is 0 Å². The Kier molecular flexibility index (Phi) is 2.81. The molecular weight excluding hydrogens is 204 g/mol. The molecule has 1 N–H and O–H groups in total. The highest BCUT2D eigenvalue weighted by Crippen LogP contribution is 2.15. The summed E-state index contributed by atoms with van der Waals surface area (Å²) in [6.45, 7) is 2.81. The molecule has 0 atom stereocenters. The maximum absolute atomic E-state index is 11.9. The SMILES string of the molecule is CC1=CC=C(C(=O)Nc2ccco2)N(C)C1. The lowest BCUT2D eigenvalue weighted by molar-refractivity contribution is -0.114. The maximum atomic E-state index is 11.9. The van der Waals surface area contributed by atoms with Crippen LogP contribution in [0.15, 0.2) is 46.2 Å². The van der Waals surface area contributed by atoms with Crippen LogP contribution in [0.25, 0.3) is 0 Å². The number of hydrogen-bond donors (Lipinski definition) is 1. The molecule has 0 spiro atoms. The lowest BCUT2D eigenvalue weighted by Gasteiger charge is -2.24. The summed E-state index contributed by atoms with van der Waals surface area (Å²) in [5.41, 5.74) is 1.87. The molecule has 0 saturated heterocycles. The normalized spacial score (nSPS) is 15.5. The number of hydrogen-bond acceptors (Lipinski definition) is 3. The van der Waals surface area contributed by atoms with E-state index in [2.05, 4.69) is 5.32 Å². The highest BCUT2D eigenvalue weighted by molar-refractivity contribution is 6.02. The molecule has 1 aliphatic rings. The average molecular weight is 218 g/mol. The van der Waals surface area contributed by atoms with E-state index in [1.165, 1.54) is 11.8 Å². The molecule has 0 aliphatic carbocycles. The van der Waals surface area contributed by atoms with E-state index in [0.717, 1.165) is 6.54 Å². The van der Waals surface area contributed by atoms with Gasteiger partial charge in [0.05, 0.1) is 6.26 Å². The first-order valence-corrected chi connectivity index (χ1v) is 5.10. The first-order chi connectivity index (χ1) is 7.66. The van der Waals surface area contributed by atoms with Gasteiger partial charge in [0, 0.05) is 19.7 Å². The van der Waals surface area contributed by atoms with Crippen LogP contribution < -0.4 is 5.32 Å². The van der Waals surface area contributed by atoms with Crippen molar-refractivity contribution in [2.24, 2.45) is 0 Å². The van der Waals surface area contributed by atoms with E-state index in [1.54, 1.807) is 12.1 Å². The van der Waals surface area contributed by atoms with E-state index in [4.69, 9.17) is 4.42 Å². The van der Waals surface area contributed by atoms with Gasteiger partial charge in [-0.15, -0.1) is 0 Å². The Morgan fingerprint density at radius 3 is 2.94 bits per heavy atom. The molecule has 0 saturated carbocycles. The van der Waals surface area contributed by atoms with Gasteiger partial charge >= 0.3 is 0 Å². The standard InChI is InChI=1S/C12H14N2O2/c1-9-5-6-10(14(2)8-9)12(15)13-11-4-3-7-16-11/h3-7H,8H2,1-2H3,(H,13,15). The highest BCUT2D eigenvalue weighted by Gasteiger charge is 2.17. The molecule has 2 heterocycles. The van der Waals surface area contributed by atoms with Gasteiger partial charge in [0.2, 0.25) is 0 Å². The van der Waals surface area contributed by atoms with Gasteiger partial charge in [0.1, 0.15) is 5.70 Å². The van der Waals surface area contributed by atoms with Crippen molar-refractivity contribution in [3.63, 3.8) is 0 Å². The topological polar surface area (TPSA) is 45.5 Å². The van der Waals surface area contributed by atoms with Crippen LogP contribution in [0.3, 0.4) is 0 Å².